The molecule has 5 nitrogen and oxygen atoms in total. The number of ketones is 1. The number of morpholine rings is 1. The summed E-state index contributed by atoms with van der Waals surface area (Å²) in [6.45, 7) is 7.68. The highest BCUT2D eigenvalue weighted by Crippen LogP contribution is 2.24. The molecule has 0 radical (unpaired) electrons. The van der Waals surface area contributed by atoms with Gasteiger partial charge in [-0.3, -0.25) is 9.69 Å². The van der Waals surface area contributed by atoms with Gasteiger partial charge < -0.3 is 14.2 Å². The highest BCUT2D eigenvalue weighted by atomic mass is 16.7. The molecule has 0 saturated carbocycles. The first-order chi connectivity index (χ1) is 11.1. The molecule has 2 fully saturated rings. The number of benzene rings is 1. The van der Waals surface area contributed by atoms with Gasteiger partial charge in [-0.25, -0.2) is 0 Å². The zero-order valence-corrected chi connectivity index (χ0v) is 13.9. The number of hydrogen-bond acceptors (Lipinski definition) is 5. The van der Waals surface area contributed by atoms with Crippen LogP contribution in [-0.2, 0) is 9.47 Å². The maximum absolute atomic E-state index is 12.9. The third kappa shape index (κ3) is 3.74. The molecule has 0 spiro atoms. The van der Waals surface area contributed by atoms with Crippen molar-refractivity contribution in [3.05, 3.63) is 29.8 Å². The number of carbonyl (C=O) groups excluding carboxylic acids is 1. The predicted molar refractivity (Wildman–Crippen MR) is 86.8 cm³/mol. The summed E-state index contributed by atoms with van der Waals surface area (Å²) in [4.78, 5) is 15.1. The fourth-order valence-electron chi connectivity index (χ4n) is 3.10. The van der Waals surface area contributed by atoms with E-state index in [4.69, 9.17) is 14.2 Å². The van der Waals surface area contributed by atoms with Crippen molar-refractivity contribution in [2.24, 2.45) is 0 Å². The Bertz CT molecular complexity index is 528. The molecular formula is C18H25NO4. The van der Waals surface area contributed by atoms with Gasteiger partial charge in [-0.05, 0) is 44.5 Å². The Morgan fingerprint density at radius 2 is 1.87 bits per heavy atom. The molecule has 3 rings (SSSR count). The Labute approximate surface area is 137 Å². The highest BCUT2D eigenvalue weighted by molar-refractivity contribution is 6.02. The summed E-state index contributed by atoms with van der Waals surface area (Å²) in [7, 11) is 0. The minimum Gasteiger partial charge on any atom is -0.465 e. The topological polar surface area (TPSA) is 48.0 Å². The monoisotopic (exact) mass is 319 g/mol. The van der Waals surface area contributed by atoms with Crippen LogP contribution in [0.25, 0.3) is 0 Å². The molecule has 2 aliphatic heterocycles. The van der Waals surface area contributed by atoms with E-state index in [0.717, 1.165) is 38.3 Å². The van der Waals surface area contributed by atoms with Crippen molar-refractivity contribution < 1.29 is 19.0 Å². The second-order valence-corrected chi connectivity index (χ2v) is 6.57. The van der Waals surface area contributed by atoms with Crippen LogP contribution in [0, 0.1) is 0 Å². The fourth-order valence-corrected chi connectivity index (χ4v) is 3.10. The Balaban J connectivity index is 1.66. The van der Waals surface area contributed by atoms with Crippen molar-refractivity contribution in [2.75, 3.05) is 32.9 Å². The van der Waals surface area contributed by atoms with E-state index in [1.807, 2.05) is 38.1 Å². The molecule has 1 unspecified atom stereocenters. The van der Waals surface area contributed by atoms with Gasteiger partial charge >= 0.3 is 0 Å². The van der Waals surface area contributed by atoms with E-state index in [-0.39, 0.29) is 12.1 Å². The molecule has 0 bridgehead atoms. The zero-order chi connectivity index (χ0) is 16.3. The lowest BCUT2D eigenvalue weighted by Crippen LogP contribution is -2.54. The van der Waals surface area contributed by atoms with Crippen molar-refractivity contribution in [3.63, 3.8) is 0 Å². The van der Waals surface area contributed by atoms with Crippen LogP contribution in [0.4, 0.5) is 0 Å². The van der Waals surface area contributed by atoms with E-state index >= 15 is 0 Å². The van der Waals surface area contributed by atoms with E-state index in [1.165, 1.54) is 0 Å². The smallest absolute Gasteiger partial charge is 0.199 e. The first-order valence-corrected chi connectivity index (χ1v) is 8.33. The lowest BCUT2D eigenvalue weighted by molar-refractivity contribution is -0.0390. The summed E-state index contributed by atoms with van der Waals surface area (Å²) in [6, 6.07) is 7.39. The lowest BCUT2D eigenvalue weighted by Gasteiger charge is -2.39. The van der Waals surface area contributed by atoms with E-state index in [9.17, 15) is 4.79 Å². The molecule has 0 amide bonds. The summed E-state index contributed by atoms with van der Waals surface area (Å²) in [5, 5.41) is 0. The molecule has 2 aliphatic rings. The van der Waals surface area contributed by atoms with Crippen LogP contribution in [0.1, 0.15) is 37.0 Å². The number of rotatable bonds is 5. The Hall–Kier alpha value is -1.43. The summed E-state index contributed by atoms with van der Waals surface area (Å²) in [5.41, 5.74) is 0.182. The molecule has 1 aromatic carbocycles. The molecule has 5 heteroatoms. The number of nitrogens with zero attached hydrogens (tertiary/aromatic N) is 1. The molecule has 2 heterocycles. The molecule has 2 saturated heterocycles. The maximum Gasteiger partial charge on any atom is 0.199 e. The van der Waals surface area contributed by atoms with Gasteiger partial charge in [0.2, 0.25) is 0 Å². The highest BCUT2D eigenvalue weighted by Gasteiger charge is 2.35. The van der Waals surface area contributed by atoms with Crippen molar-refractivity contribution in [2.45, 2.75) is 38.5 Å². The van der Waals surface area contributed by atoms with Crippen molar-refractivity contribution in [3.8, 4) is 5.75 Å². The molecule has 0 aliphatic carbocycles. The van der Waals surface area contributed by atoms with E-state index in [1.54, 1.807) is 0 Å². The molecule has 23 heavy (non-hydrogen) atoms. The zero-order valence-electron chi connectivity index (χ0n) is 13.9. The first kappa shape index (κ1) is 16.4. The average molecular weight is 319 g/mol. The second kappa shape index (κ2) is 6.99. The minimum absolute atomic E-state index is 0.128. The molecule has 0 N–H and O–H groups in total. The van der Waals surface area contributed by atoms with Gasteiger partial charge in [-0.2, -0.15) is 0 Å². The molecular weight excluding hydrogens is 294 g/mol. The Morgan fingerprint density at radius 1 is 1.17 bits per heavy atom. The summed E-state index contributed by atoms with van der Waals surface area (Å²) in [6.07, 6.45) is 1.81. The quantitative estimate of drug-likeness (QED) is 0.781. The van der Waals surface area contributed by atoms with E-state index in [0.29, 0.717) is 18.8 Å². The van der Waals surface area contributed by atoms with Gasteiger partial charge in [-0.15, -0.1) is 0 Å². The third-order valence-corrected chi connectivity index (χ3v) is 4.63. The van der Waals surface area contributed by atoms with Gasteiger partial charge in [0, 0.05) is 25.1 Å². The van der Waals surface area contributed by atoms with Gasteiger partial charge in [0.05, 0.1) is 25.4 Å². The van der Waals surface area contributed by atoms with E-state index in [2.05, 4.69) is 4.90 Å². The molecule has 126 valence electrons. The van der Waals surface area contributed by atoms with Crippen LogP contribution in [-0.4, -0.2) is 55.4 Å². The standard InChI is InChI=1S/C18H25NO4/c1-18(2,19-9-12-21-13-10-19)17(20)14-5-7-15(8-6-14)23-16-4-3-11-22-16/h5-8,16H,3-4,9-13H2,1-2H3. The Morgan fingerprint density at radius 3 is 2.48 bits per heavy atom. The predicted octanol–water partition coefficient (Wildman–Crippen LogP) is 2.50. The summed E-state index contributed by atoms with van der Waals surface area (Å²) < 4.78 is 16.6. The molecule has 1 atom stereocenters. The van der Waals surface area contributed by atoms with Gasteiger partial charge in [-0.1, -0.05) is 0 Å². The number of ether oxygens (including phenoxy) is 3. The largest absolute Gasteiger partial charge is 0.465 e. The average Bonchev–Trinajstić information content (AvgIpc) is 3.09. The number of carbonyl (C=O) groups is 1. The van der Waals surface area contributed by atoms with Crippen molar-refractivity contribution >= 4 is 5.78 Å². The van der Waals surface area contributed by atoms with Gasteiger partial charge in [0.1, 0.15) is 5.75 Å². The van der Waals surface area contributed by atoms with Crippen LogP contribution in [0.2, 0.25) is 0 Å². The first-order valence-electron chi connectivity index (χ1n) is 8.33. The minimum atomic E-state index is -0.527. The normalized spacial score (nSPS) is 23.0. The van der Waals surface area contributed by atoms with Gasteiger partial charge in [0.15, 0.2) is 12.1 Å². The van der Waals surface area contributed by atoms with Crippen LogP contribution in [0.3, 0.4) is 0 Å². The van der Waals surface area contributed by atoms with Crippen molar-refractivity contribution in [1.82, 2.24) is 4.90 Å². The van der Waals surface area contributed by atoms with E-state index < -0.39 is 5.54 Å². The van der Waals surface area contributed by atoms with Crippen LogP contribution < -0.4 is 4.74 Å². The lowest BCUT2D eigenvalue weighted by atomic mass is 9.91. The summed E-state index contributed by atoms with van der Waals surface area (Å²) >= 11 is 0. The number of Topliss-reactive ketones (excluding diaryl/α,β-unsaturated/α-hetero) is 1. The van der Waals surface area contributed by atoms with Crippen LogP contribution in [0.15, 0.2) is 24.3 Å². The SMILES string of the molecule is CC(C)(C(=O)c1ccc(OC2CCCO2)cc1)N1CCOCC1. The van der Waals surface area contributed by atoms with Crippen LogP contribution in [0.5, 0.6) is 5.75 Å². The molecule has 0 aromatic heterocycles. The Kier molecular flexibility index (Phi) is 4.99. The second-order valence-electron chi connectivity index (χ2n) is 6.57. The van der Waals surface area contributed by atoms with Crippen LogP contribution >= 0.6 is 0 Å². The summed E-state index contributed by atoms with van der Waals surface area (Å²) in [5.74, 6) is 0.876. The molecule has 1 aromatic rings. The van der Waals surface area contributed by atoms with Crippen molar-refractivity contribution in [1.29, 1.82) is 0 Å². The number of hydrogen-bond donors (Lipinski definition) is 0. The maximum atomic E-state index is 12.9. The van der Waals surface area contributed by atoms with Gasteiger partial charge in [0.25, 0.3) is 0 Å². The fraction of sp³-hybridized carbons (Fsp3) is 0.611. The third-order valence-electron chi connectivity index (χ3n) is 4.63.